The first-order valence-electron chi connectivity index (χ1n) is 4.91. The molecule has 6 heteroatoms. The van der Waals surface area contributed by atoms with Gasteiger partial charge < -0.3 is 0 Å². The lowest BCUT2D eigenvalue weighted by Gasteiger charge is -2.02. The maximum Gasteiger partial charge on any atom is 0.279 e. The van der Waals surface area contributed by atoms with Crippen LogP contribution >= 0.6 is 11.3 Å². The van der Waals surface area contributed by atoms with Crippen LogP contribution in [-0.2, 0) is 0 Å². The monoisotopic (exact) mass is 245 g/mol. The normalized spacial score (nSPS) is 10.8. The van der Waals surface area contributed by atoms with Gasteiger partial charge in [0.05, 0.1) is 10.8 Å². The van der Waals surface area contributed by atoms with Crippen molar-refractivity contribution in [1.29, 1.82) is 0 Å². The summed E-state index contributed by atoms with van der Waals surface area (Å²) < 4.78 is 1.18. The van der Waals surface area contributed by atoms with Crippen molar-refractivity contribution in [3.05, 3.63) is 56.5 Å². The lowest BCUT2D eigenvalue weighted by Crippen LogP contribution is -2.28. The summed E-state index contributed by atoms with van der Waals surface area (Å²) in [4.78, 5) is 28.0. The predicted octanol–water partition coefficient (Wildman–Crippen LogP) is 1.14. The Morgan fingerprint density at radius 3 is 2.65 bits per heavy atom. The largest absolute Gasteiger partial charge is 0.279 e. The number of fused-ring (bicyclic) bond motifs is 1. The minimum atomic E-state index is -0.296. The quantitative estimate of drug-likeness (QED) is 0.699. The van der Waals surface area contributed by atoms with Crippen molar-refractivity contribution in [2.24, 2.45) is 0 Å². The van der Waals surface area contributed by atoms with E-state index in [1.807, 2.05) is 0 Å². The van der Waals surface area contributed by atoms with E-state index in [-0.39, 0.29) is 11.1 Å². The van der Waals surface area contributed by atoms with Gasteiger partial charge in [0.25, 0.3) is 11.1 Å². The van der Waals surface area contributed by atoms with E-state index in [0.29, 0.717) is 15.9 Å². The smallest absolute Gasteiger partial charge is 0.267 e. The molecule has 84 valence electrons. The Morgan fingerprint density at radius 1 is 1.18 bits per heavy atom. The molecule has 0 fully saturated rings. The van der Waals surface area contributed by atoms with Gasteiger partial charge in [-0.05, 0) is 12.1 Å². The molecule has 1 aromatic carbocycles. The molecule has 2 aromatic heterocycles. The summed E-state index contributed by atoms with van der Waals surface area (Å²) in [6.07, 6.45) is 1.58. The summed E-state index contributed by atoms with van der Waals surface area (Å²) in [7, 11) is 0. The van der Waals surface area contributed by atoms with Gasteiger partial charge in [0, 0.05) is 11.6 Å². The first-order chi connectivity index (χ1) is 8.27. The van der Waals surface area contributed by atoms with Crippen LogP contribution in [0.4, 0.5) is 0 Å². The molecule has 1 N–H and O–H groups in total. The van der Waals surface area contributed by atoms with Gasteiger partial charge in [-0.25, -0.2) is 4.98 Å². The Balaban J connectivity index is 2.48. The van der Waals surface area contributed by atoms with Crippen LogP contribution in [0, 0.1) is 0 Å². The minimum Gasteiger partial charge on any atom is -0.267 e. The van der Waals surface area contributed by atoms with Gasteiger partial charge >= 0.3 is 0 Å². The van der Waals surface area contributed by atoms with Crippen molar-refractivity contribution in [3.63, 3.8) is 0 Å². The van der Waals surface area contributed by atoms with Crippen LogP contribution in [-0.4, -0.2) is 14.8 Å². The second-order valence-electron chi connectivity index (χ2n) is 3.44. The highest BCUT2D eigenvalue weighted by Crippen LogP contribution is 2.08. The van der Waals surface area contributed by atoms with E-state index >= 15 is 0 Å². The van der Waals surface area contributed by atoms with Gasteiger partial charge in [-0.1, -0.05) is 12.1 Å². The summed E-state index contributed by atoms with van der Waals surface area (Å²) in [5, 5.41) is 5.51. The van der Waals surface area contributed by atoms with Gasteiger partial charge in [0.1, 0.15) is 0 Å². The topological polar surface area (TPSA) is 67.8 Å². The predicted molar refractivity (Wildman–Crippen MR) is 65.8 cm³/mol. The average Bonchev–Trinajstić information content (AvgIpc) is 2.87. The zero-order valence-electron chi connectivity index (χ0n) is 8.58. The Kier molecular flexibility index (Phi) is 2.15. The second-order valence-corrected chi connectivity index (χ2v) is 4.31. The molecule has 0 spiro atoms. The summed E-state index contributed by atoms with van der Waals surface area (Å²) in [5.74, 6) is 0. The highest BCUT2D eigenvalue weighted by molar-refractivity contribution is 7.12. The van der Waals surface area contributed by atoms with E-state index in [4.69, 9.17) is 0 Å². The third-order valence-electron chi connectivity index (χ3n) is 2.43. The van der Waals surface area contributed by atoms with E-state index < -0.39 is 0 Å². The summed E-state index contributed by atoms with van der Waals surface area (Å²) >= 11 is 1.29. The van der Waals surface area contributed by atoms with E-state index in [1.165, 1.54) is 16.0 Å². The number of thiazole rings is 1. The Bertz CT molecular complexity index is 786. The van der Waals surface area contributed by atoms with Crippen molar-refractivity contribution in [1.82, 2.24) is 14.8 Å². The number of rotatable bonds is 1. The van der Waals surface area contributed by atoms with Gasteiger partial charge in [-0.15, -0.1) is 11.3 Å². The molecule has 0 aliphatic carbocycles. The first kappa shape index (κ1) is 9.98. The van der Waals surface area contributed by atoms with Crippen molar-refractivity contribution in [3.8, 4) is 5.13 Å². The van der Waals surface area contributed by atoms with Gasteiger partial charge in [0.2, 0.25) is 5.13 Å². The highest BCUT2D eigenvalue weighted by Gasteiger charge is 2.08. The molecule has 2 heterocycles. The molecule has 0 radical (unpaired) electrons. The molecule has 3 rings (SSSR count). The van der Waals surface area contributed by atoms with Crippen LogP contribution in [0.15, 0.2) is 45.4 Å². The number of nitrogens with zero attached hydrogens (tertiary/aromatic N) is 2. The molecule has 3 aromatic rings. The number of hydrogen-bond donors (Lipinski definition) is 1. The number of hydrogen-bond acceptors (Lipinski definition) is 4. The first-order valence-corrected chi connectivity index (χ1v) is 5.79. The van der Waals surface area contributed by atoms with Crippen molar-refractivity contribution in [2.75, 3.05) is 0 Å². The average molecular weight is 245 g/mol. The summed E-state index contributed by atoms with van der Waals surface area (Å²) in [6, 6.07) is 6.72. The van der Waals surface area contributed by atoms with Crippen LogP contribution < -0.4 is 11.1 Å². The SMILES string of the molecule is O=c1[nH]n(-c2nccs2)c(=O)c2ccccc12. The molecule has 0 atom stereocenters. The summed E-state index contributed by atoms with van der Waals surface area (Å²) in [6.45, 7) is 0. The molecule has 0 saturated heterocycles. The zero-order valence-corrected chi connectivity index (χ0v) is 9.40. The van der Waals surface area contributed by atoms with E-state index in [1.54, 1.807) is 35.8 Å². The van der Waals surface area contributed by atoms with Gasteiger partial charge in [0.15, 0.2) is 0 Å². The van der Waals surface area contributed by atoms with Crippen LogP contribution in [0.2, 0.25) is 0 Å². The van der Waals surface area contributed by atoms with Crippen LogP contribution in [0.5, 0.6) is 0 Å². The molecular formula is C11H7N3O2S. The standard InChI is InChI=1S/C11H7N3O2S/c15-9-7-3-1-2-4-8(7)10(16)14(13-9)11-12-5-6-17-11/h1-6H,(H,13,15). The van der Waals surface area contributed by atoms with E-state index in [9.17, 15) is 9.59 Å². The molecule has 0 aliphatic rings. The fourth-order valence-electron chi connectivity index (χ4n) is 1.66. The van der Waals surface area contributed by atoms with Crippen LogP contribution in [0.3, 0.4) is 0 Å². The number of nitrogens with one attached hydrogen (secondary N) is 1. The molecule has 0 aliphatic heterocycles. The van der Waals surface area contributed by atoms with E-state index in [0.717, 1.165) is 0 Å². The van der Waals surface area contributed by atoms with Crippen LogP contribution in [0.25, 0.3) is 15.9 Å². The van der Waals surface area contributed by atoms with Gasteiger partial charge in [-0.3, -0.25) is 14.7 Å². The molecular weight excluding hydrogens is 238 g/mol. The Hall–Kier alpha value is -2.21. The molecule has 0 amide bonds. The Labute approximate surface area is 99.0 Å². The van der Waals surface area contributed by atoms with Gasteiger partial charge in [-0.2, -0.15) is 4.68 Å². The highest BCUT2D eigenvalue weighted by atomic mass is 32.1. The van der Waals surface area contributed by atoms with Crippen molar-refractivity contribution < 1.29 is 0 Å². The number of H-pyrrole nitrogens is 1. The van der Waals surface area contributed by atoms with E-state index in [2.05, 4.69) is 10.1 Å². The lowest BCUT2D eigenvalue weighted by atomic mass is 10.2. The maximum absolute atomic E-state index is 12.1. The molecule has 17 heavy (non-hydrogen) atoms. The second kappa shape index (κ2) is 3.67. The fraction of sp³-hybridized carbons (Fsp3) is 0. The molecule has 0 bridgehead atoms. The molecule has 0 unspecified atom stereocenters. The van der Waals surface area contributed by atoms with Crippen LogP contribution in [0.1, 0.15) is 0 Å². The number of aromatic amines is 1. The number of benzene rings is 1. The lowest BCUT2D eigenvalue weighted by molar-refractivity contribution is 0.794. The molecule has 0 saturated carbocycles. The van der Waals surface area contributed by atoms with Crippen molar-refractivity contribution >= 4 is 22.1 Å². The fourth-order valence-corrected chi connectivity index (χ4v) is 2.26. The third kappa shape index (κ3) is 1.50. The van der Waals surface area contributed by atoms with Crippen molar-refractivity contribution in [2.45, 2.75) is 0 Å². The maximum atomic E-state index is 12.1. The Morgan fingerprint density at radius 2 is 1.94 bits per heavy atom. The number of aromatic nitrogens is 3. The minimum absolute atomic E-state index is 0.268. The summed E-state index contributed by atoms with van der Waals surface area (Å²) in [5.41, 5.74) is -0.564. The molecule has 5 nitrogen and oxygen atoms in total. The third-order valence-corrected chi connectivity index (χ3v) is 3.19. The zero-order chi connectivity index (χ0) is 11.8.